The highest BCUT2D eigenvalue weighted by molar-refractivity contribution is 6.32. The average Bonchev–Trinajstić information content (AvgIpc) is 3.39. The molecule has 1 aromatic carbocycles. The van der Waals surface area contributed by atoms with E-state index in [1.165, 1.54) is 17.4 Å². The summed E-state index contributed by atoms with van der Waals surface area (Å²) >= 11 is 6.82. The number of fused-ring (bicyclic) bond motifs is 1. The number of benzene rings is 1. The fourth-order valence-electron chi connectivity index (χ4n) is 4.83. The third kappa shape index (κ3) is 4.97. The number of pyridine rings is 2. The number of hydrogen-bond acceptors (Lipinski definition) is 9. The molecule has 12 heteroatoms. The van der Waals surface area contributed by atoms with Crippen LogP contribution in [-0.4, -0.2) is 61.2 Å². The minimum atomic E-state index is -0.427. The van der Waals surface area contributed by atoms with Crippen molar-refractivity contribution in [1.29, 1.82) is 5.26 Å². The molecule has 0 spiro atoms. The summed E-state index contributed by atoms with van der Waals surface area (Å²) in [5.74, 6) is 0.671. The lowest BCUT2D eigenvalue weighted by atomic mass is 9.94. The highest BCUT2D eigenvalue weighted by Crippen LogP contribution is 2.44. The van der Waals surface area contributed by atoms with Crippen LogP contribution in [0.5, 0.6) is 5.75 Å². The van der Waals surface area contributed by atoms with Gasteiger partial charge in [-0.15, -0.1) is 0 Å². The maximum atomic E-state index is 12.4. The van der Waals surface area contributed by atoms with E-state index in [-0.39, 0.29) is 11.7 Å². The van der Waals surface area contributed by atoms with Gasteiger partial charge >= 0.3 is 0 Å². The van der Waals surface area contributed by atoms with Crippen molar-refractivity contribution in [3.63, 3.8) is 0 Å². The van der Waals surface area contributed by atoms with Crippen molar-refractivity contribution in [1.82, 2.24) is 34.6 Å². The number of carbonyl (C=O) groups is 1. The monoisotopic (exact) mass is 581 g/mol. The lowest BCUT2D eigenvalue weighted by molar-refractivity contribution is 0.0822. The van der Waals surface area contributed by atoms with E-state index in [9.17, 15) is 10.1 Å². The molecule has 0 aliphatic heterocycles. The van der Waals surface area contributed by atoms with Crippen molar-refractivity contribution in [3.8, 4) is 34.2 Å². The fourth-order valence-corrected chi connectivity index (χ4v) is 5.04. The summed E-state index contributed by atoms with van der Waals surface area (Å²) in [6.07, 6.45) is 6.13. The number of aromatic nitrogens is 6. The smallest absolute Gasteiger partial charge is 0.271 e. The number of nitrogen functional groups attached to an aromatic ring is 1. The minimum absolute atomic E-state index is 0.193. The Morgan fingerprint density at radius 2 is 1.95 bits per heavy atom. The molecule has 5 rings (SSSR count). The van der Waals surface area contributed by atoms with Crippen LogP contribution in [0.2, 0.25) is 5.02 Å². The Hall–Kier alpha value is -5.08. The molecule has 0 saturated carbocycles. The number of hydrogen-bond donors (Lipinski definition) is 1. The molecule has 4 heterocycles. The van der Waals surface area contributed by atoms with Crippen molar-refractivity contribution < 1.29 is 9.53 Å². The average molecular weight is 582 g/mol. The van der Waals surface area contributed by atoms with E-state index in [4.69, 9.17) is 27.2 Å². The zero-order valence-corrected chi connectivity index (χ0v) is 24.5. The van der Waals surface area contributed by atoms with Gasteiger partial charge in [-0.3, -0.25) is 14.8 Å². The SMILES string of the molecule is CCOc1c(C(C)n2nc(-c3cncc(C#N)c3)c3c(N)ncnc32)cc(Cl)c(C)c1-c1ccc(C(=O)N(C)C)nc1. The van der Waals surface area contributed by atoms with Crippen LogP contribution in [0.1, 0.15) is 47.1 Å². The lowest BCUT2D eigenvalue weighted by Crippen LogP contribution is -2.22. The Morgan fingerprint density at radius 1 is 1.17 bits per heavy atom. The molecule has 0 saturated heterocycles. The van der Waals surface area contributed by atoms with Crippen LogP contribution in [0, 0.1) is 18.3 Å². The van der Waals surface area contributed by atoms with Crippen molar-refractivity contribution >= 4 is 34.4 Å². The Morgan fingerprint density at radius 3 is 2.62 bits per heavy atom. The van der Waals surface area contributed by atoms with Gasteiger partial charge in [-0.25, -0.2) is 14.6 Å². The van der Waals surface area contributed by atoms with Crippen LogP contribution in [0.3, 0.4) is 0 Å². The number of nitrogens with two attached hydrogens (primary N) is 1. The number of ether oxygens (including phenoxy) is 1. The number of nitrogens with zero attached hydrogens (tertiary/aromatic N) is 8. The molecule has 0 fully saturated rings. The van der Waals surface area contributed by atoms with E-state index < -0.39 is 6.04 Å². The van der Waals surface area contributed by atoms with Crippen LogP contribution >= 0.6 is 11.6 Å². The van der Waals surface area contributed by atoms with Crippen LogP contribution in [0.15, 0.2) is 49.2 Å². The molecule has 0 radical (unpaired) electrons. The summed E-state index contributed by atoms with van der Waals surface area (Å²) in [7, 11) is 3.36. The molecule has 11 nitrogen and oxygen atoms in total. The van der Waals surface area contributed by atoms with Gasteiger partial charge in [0.05, 0.1) is 23.6 Å². The van der Waals surface area contributed by atoms with E-state index in [2.05, 4.69) is 26.0 Å². The maximum absolute atomic E-state index is 12.4. The molecule has 1 atom stereocenters. The molecule has 0 bridgehead atoms. The number of halogens is 1. The normalized spacial score (nSPS) is 11.7. The third-order valence-corrected chi connectivity index (χ3v) is 7.34. The first-order valence-corrected chi connectivity index (χ1v) is 13.5. The van der Waals surface area contributed by atoms with Gasteiger partial charge in [0.2, 0.25) is 0 Å². The second kappa shape index (κ2) is 11.4. The van der Waals surface area contributed by atoms with E-state index in [1.54, 1.807) is 43.3 Å². The van der Waals surface area contributed by atoms with Gasteiger partial charge in [0, 0.05) is 60.0 Å². The number of nitriles is 1. The standard InChI is InChI=1S/C30H28ClN9O2/c1-6-42-27-21(10-22(31)16(2)24(27)19-7-8-23(35-14-19)30(41)39(4)5)17(3)40-29-25(28(33)36-15-37-29)26(38-40)20-9-18(11-32)12-34-13-20/h7-10,12-15,17H,6H2,1-5H3,(H2,33,36,37). The molecule has 1 amide bonds. The molecule has 5 aromatic rings. The first-order chi connectivity index (χ1) is 20.2. The molecule has 212 valence electrons. The van der Waals surface area contributed by atoms with Crippen LogP contribution in [0.25, 0.3) is 33.4 Å². The van der Waals surface area contributed by atoms with Gasteiger partial charge in [-0.2, -0.15) is 10.4 Å². The summed E-state index contributed by atoms with van der Waals surface area (Å²) in [6, 6.07) is 8.76. The molecular weight excluding hydrogens is 554 g/mol. The number of anilines is 1. The quantitative estimate of drug-likeness (QED) is 0.278. The van der Waals surface area contributed by atoms with Crippen molar-refractivity contribution in [2.45, 2.75) is 26.8 Å². The van der Waals surface area contributed by atoms with E-state index in [0.29, 0.717) is 50.9 Å². The zero-order chi connectivity index (χ0) is 30.1. The summed E-state index contributed by atoms with van der Waals surface area (Å²) in [5, 5.41) is 15.4. The van der Waals surface area contributed by atoms with Crippen LogP contribution in [-0.2, 0) is 0 Å². The highest BCUT2D eigenvalue weighted by Gasteiger charge is 2.27. The molecule has 2 N–H and O–H groups in total. The molecule has 0 aliphatic carbocycles. The van der Waals surface area contributed by atoms with Gasteiger partial charge in [-0.1, -0.05) is 17.7 Å². The predicted molar refractivity (Wildman–Crippen MR) is 160 cm³/mol. The van der Waals surface area contributed by atoms with Crippen molar-refractivity contribution in [3.05, 3.63) is 76.6 Å². The fraction of sp³-hybridized carbons (Fsp3) is 0.233. The summed E-state index contributed by atoms with van der Waals surface area (Å²) in [5.41, 5.74) is 11.7. The molecule has 0 aliphatic rings. The van der Waals surface area contributed by atoms with Gasteiger partial charge < -0.3 is 15.4 Å². The Balaban J connectivity index is 1.71. The number of rotatable bonds is 7. The second-order valence-corrected chi connectivity index (χ2v) is 10.2. The van der Waals surface area contributed by atoms with Gasteiger partial charge in [0.15, 0.2) is 5.65 Å². The van der Waals surface area contributed by atoms with Gasteiger partial charge in [0.1, 0.15) is 35.4 Å². The third-order valence-electron chi connectivity index (χ3n) is 6.95. The Labute approximate surface area is 247 Å². The molecule has 4 aromatic heterocycles. The summed E-state index contributed by atoms with van der Waals surface area (Å²) in [6.45, 7) is 6.18. The van der Waals surface area contributed by atoms with Gasteiger partial charge in [0.25, 0.3) is 5.91 Å². The number of amides is 1. The highest BCUT2D eigenvalue weighted by atomic mass is 35.5. The largest absolute Gasteiger partial charge is 0.493 e. The Kier molecular flexibility index (Phi) is 7.74. The second-order valence-electron chi connectivity index (χ2n) is 9.84. The lowest BCUT2D eigenvalue weighted by Gasteiger charge is -2.23. The van der Waals surface area contributed by atoms with Crippen molar-refractivity contribution in [2.24, 2.45) is 0 Å². The summed E-state index contributed by atoms with van der Waals surface area (Å²) in [4.78, 5) is 31.2. The van der Waals surface area contributed by atoms with Crippen LogP contribution < -0.4 is 10.5 Å². The Bertz CT molecular complexity index is 1860. The topological polar surface area (TPSA) is 149 Å². The van der Waals surface area contributed by atoms with Crippen LogP contribution in [0.4, 0.5) is 5.82 Å². The van der Waals surface area contributed by atoms with E-state index in [0.717, 1.165) is 22.3 Å². The first kappa shape index (κ1) is 28.4. The molecule has 1 unspecified atom stereocenters. The van der Waals surface area contributed by atoms with Gasteiger partial charge in [-0.05, 0) is 44.5 Å². The first-order valence-electron chi connectivity index (χ1n) is 13.1. The predicted octanol–water partition coefficient (Wildman–Crippen LogP) is 5.08. The van der Waals surface area contributed by atoms with Crippen molar-refractivity contribution in [2.75, 3.05) is 26.4 Å². The number of carbonyl (C=O) groups excluding carboxylic acids is 1. The minimum Gasteiger partial charge on any atom is -0.493 e. The summed E-state index contributed by atoms with van der Waals surface area (Å²) < 4.78 is 8.01. The van der Waals surface area contributed by atoms with E-state index in [1.807, 2.05) is 32.9 Å². The molecule has 42 heavy (non-hydrogen) atoms. The maximum Gasteiger partial charge on any atom is 0.271 e. The molecular formula is C30H28ClN9O2. The van der Waals surface area contributed by atoms with E-state index >= 15 is 0 Å². The zero-order valence-electron chi connectivity index (χ0n) is 23.8.